The molecule has 0 saturated carbocycles. The van der Waals surface area contributed by atoms with Gasteiger partial charge in [-0.3, -0.25) is 0 Å². The first kappa shape index (κ1) is 14.0. The van der Waals surface area contributed by atoms with E-state index in [1.165, 1.54) is 12.0 Å². The van der Waals surface area contributed by atoms with Crippen LogP contribution >= 0.6 is 0 Å². The van der Waals surface area contributed by atoms with Crippen molar-refractivity contribution in [1.29, 1.82) is 0 Å². The summed E-state index contributed by atoms with van der Waals surface area (Å²) in [4.78, 5) is 0. The van der Waals surface area contributed by atoms with E-state index >= 15 is 0 Å². The summed E-state index contributed by atoms with van der Waals surface area (Å²) >= 11 is 0. The van der Waals surface area contributed by atoms with E-state index in [1.807, 2.05) is 13.1 Å². The van der Waals surface area contributed by atoms with Gasteiger partial charge in [0.25, 0.3) is 0 Å². The molecule has 1 aromatic carbocycles. The highest BCUT2D eigenvalue weighted by Gasteiger charge is 2.21. The Bertz CT molecular complexity index is 347. The molecular formula is C15H25NO. The predicted octanol–water partition coefficient (Wildman–Crippen LogP) is 3.26. The minimum atomic E-state index is 0.300. The van der Waals surface area contributed by atoms with Gasteiger partial charge in [-0.05, 0) is 49.9 Å². The zero-order chi connectivity index (χ0) is 12.9. The van der Waals surface area contributed by atoms with Gasteiger partial charge in [0.05, 0.1) is 7.11 Å². The van der Waals surface area contributed by atoms with E-state index in [2.05, 4.69) is 44.3 Å². The van der Waals surface area contributed by atoms with Crippen molar-refractivity contribution in [2.24, 2.45) is 5.41 Å². The van der Waals surface area contributed by atoms with Gasteiger partial charge in [0.1, 0.15) is 5.75 Å². The zero-order valence-corrected chi connectivity index (χ0v) is 11.7. The Kier molecular flexibility index (Phi) is 5.01. The van der Waals surface area contributed by atoms with E-state index in [9.17, 15) is 0 Å². The second kappa shape index (κ2) is 6.06. The third-order valence-corrected chi connectivity index (χ3v) is 3.17. The number of hydrogen-bond donors (Lipinski definition) is 1. The number of hydrogen-bond acceptors (Lipinski definition) is 2. The average molecular weight is 235 g/mol. The van der Waals surface area contributed by atoms with E-state index in [-0.39, 0.29) is 0 Å². The molecular weight excluding hydrogens is 210 g/mol. The molecule has 96 valence electrons. The van der Waals surface area contributed by atoms with Crippen LogP contribution in [0.25, 0.3) is 0 Å². The second-order valence-electron chi connectivity index (χ2n) is 5.59. The fourth-order valence-corrected chi connectivity index (χ4v) is 2.34. The van der Waals surface area contributed by atoms with Crippen LogP contribution in [0.3, 0.4) is 0 Å². The molecule has 17 heavy (non-hydrogen) atoms. The topological polar surface area (TPSA) is 21.3 Å². The molecule has 1 aromatic rings. The maximum absolute atomic E-state index is 5.26. The van der Waals surface area contributed by atoms with Gasteiger partial charge in [0.2, 0.25) is 0 Å². The van der Waals surface area contributed by atoms with Crippen LogP contribution in [0.15, 0.2) is 24.3 Å². The fraction of sp³-hybridized carbons (Fsp3) is 0.600. The molecule has 2 heteroatoms. The Balaban J connectivity index is 2.68. The Morgan fingerprint density at radius 2 is 2.06 bits per heavy atom. The molecule has 1 unspecified atom stereocenters. The van der Waals surface area contributed by atoms with E-state index in [1.54, 1.807) is 7.11 Å². The molecule has 0 radical (unpaired) electrons. The second-order valence-corrected chi connectivity index (χ2v) is 5.59. The van der Waals surface area contributed by atoms with Crippen molar-refractivity contribution in [3.8, 4) is 5.75 Å². The molecule has 0 saturated heterocycles. The lowest BCUT2D eigenvalue weighted by Gasteiger charge is -2.28. The van der Waals surface area contributed by atoms with Gasteiger partial charge in [0, 0.05) is 6.04 Å². The molecule has 0 aliphatic carbocycles. The highest BCUT2D eigenvalue weighted by Crippen LogP contribution is 2.28. The molecule has 0 amide bonds. The number of nitrogens with one attached hydrogen (secondary N) is 1. The minimum absolute atomic E-state index is 0.300. The Hall–Kier alpha value is -1.02. The van der Waals surface area contributed by atoms with E-state index < -0.39 is 0 Å². The first-order valence-corrected chi connectivity index (χ1v) is 6.27. The van der Waals surface area contributed by atoms with E-state index in [4.69, 9.17) is 4.74 Å². The Labute approximate surface area is 105 Å². The summed E-state index contributed by atoms with van der Waals surface area (Å²) in [5.41, 5.74) is 1.65. The van der Waals surface area contributed by atoms with Crippen LogP contribution in [0.4, 0.5) is 0 Å². The summed E-state index contributed by atoms with van der Waals surface area (Å²) in [7, 11) is 3.74. The first-order valence-electron chi connectivity index (χ1n) is 6.27. The SMILES string of the molecule is CNC(C)CC(C)(C)Cc1cccc(OC)c1. The van der Waals surface area contributed by atoms with Crippen LogP contribution in [-0.2, 0) is 6.42 Å². The first-order chi connectivity index (χ1) is 7.96. The summed E-state index contributed by atoms with van der Waals surface area (Å²) in [5.74, 6) is 0.944. The lowest BCUT2D eigenvalue weighted by molar-refractivity contribution is 0.293. The van der Waals surface area contributed by atoms with E-state index in [0.29, 0.717) is 11.5 Å². The number of benzene rings is 1. The number of methoxy groups -OCH3 is 1. The monoisotopic (exact) mass is 235 g/mol. The third-order valence-electron chi connectivity index (χ3n) is 3.17. The van der Waals surface area contributed by atoms with Crippen LogP contribution in [0, 0.1) is 5.41 Å². The molecule has 1 rings (SSSR count). The molecule has 0 aliphatic rings. The van der Waals surface area contributed by atoms with Crippen molar-refractivity contribution < 1.29 is 4.74 Å². The summed E-state index contributed by atoms with van der Waals surface area (Å²) in [5, 5.41) is 3.30. The molecule has 1 N–H and O–H groups in total. The third kappa shape index (κ3) is 4.78. The summed E-state index contributed by atoms with van der Waals surface area (Å²) < 4.78 is 5.26. The highest BCUT2D eigenvalue weighted by molar-refractivity contribution is 5.29. The van der Waals surface area contributed by atoms with Crippen molar-refractivity contribution in [2.45, 2.75) is 39.7 Å². The quantitative estimate of drug-likeness (QED) is 0.817. The molecule has 0 bridgehead atoms. The molecule has 0 aromatic heterocycles. The maximum atomic E-state index is 5.26. The van der Waals surface area contributed by atoms with Crippen LogP contribution in [0.2, 0.25) is 0 Å². The predicted molar refractivity (Wildman–Crippen MR) is 73.6 cm³/mol. The van der Waals surface area contributed by atoms with Gasteiger partial charge in [-0.15, -0.1) is 0 Å². The summed E-state index contributed by atoms with van der Waals surface area (Å²) in [6.07, 6.45) is 2.25. The fourth-order valence-electron chi connectivity index (χ4n) is 2.34. The largest absolute Gasteiger partial charge is 0.497 e. The standard InChI is InChI=1S/C15H25NO/c1-12(16-4)10-15(2,3)11-13-7-6-8-14(9-13)17-5/h6-9,12,16H,10-11H2,1-5H3. The highest BCUT2D eigenvalue weighted by atomic mass is 16.5. The molecule has 0 aliphatic heterocycles. The molecule has 0 spiro atoms. The van der Waals surface area contributed by atoms with Gasteiger partial charge in [-0.2, -0.15) is 0 Å². The van der Waals surface area contributed by atoms with Crippen molar-refractivity contribution in [2.75, 3.05) is 14.2 Å². The minimum Gasteiger partial charge on any atom is -0.497 e. The number of rotatable bonds is 6. The molecule has 1 atom stereocenters. The Morgan fingerprint density at radius 3 is 2.65 bits per heavy atom. The summed E-state index contributed by atoms with van der Waals surface area (Å²) in [6.45, 7) is 6.87. The van der Waals surface area contributed by atoms with Gasteiger partial charge in [0.15, 0.2) is 0 Å². The molecule has 2 nitrogen and oxygen atoms in total. The van der Waals surface area contributed by atoms with Crippen LogP contribution in [0.1, 0.15) is 32.8 Å². The maximum Gasteiger partial charge on any atom is 0.119 e. The van der Waals surface area contributed by atoms with Gasteiger partial charge in [-0.1, -0.05) is 26.0 Å². The average Bonchev–Trinajstić information content (AvgIpc) is 2.27. The van der Waals surface area contributed by atoms with Crippen molar-refractivity contribution in [3.05, 3.63) is 29.8 Å². The van der Waals surface area contributed by atoms with Gasteiger partial charge in [-0.25, -0.2) is 0 Å². The smallest absolute Gasteiger partial charge is 0.119 e. The lowest BCUT2D eigenvalue weighted by atomic mass is 9.80. The van der Waals surface area contributed by atoms with Crippen molar-refractivity contribution >= 4 is 0 Å². The van der Waals surface area contributed by atoms with Crippen LogP contribution in [0.5, 0.6) is 5.75 Å². The molecule has 0 heterocycles. The van der Waals surface area contributed by atoms with E-state index in [0.717, 1.165) is 12.2 Å². The van der Waals surface area contributed by atoms with Gasteiger partial charge < -0.3 is 10.1 Å². The molecule has 0 fully saturated rings. The van der Waals surface area contributed by atoms with Crippen LogP contribution in [-0.4, -0.2) is 20.2 Å². The van der Waals surface area contributed by atoms with Gasteiger partial charge >= 0.3 is 0 Å². The normalized spacial score (nSPS) is 13.5. The lowest BCUT2D eigenvalue weighted by Crippen LogP contribution is -2.29. The Morgan fingerprint density at radius 1 is 1.35 bits per heavy atom. The number of ether oxygens (including phenoxy) is 1. The summed E-state index contributed by atoms with van der Waals surface area (Å²) in [6, 6.07) is 8.91. The van der Waals surface area contributed by atoms with Crippen LogP contribution < -0.4 is 10.1 Å². The zero-order valence-electron chi connectivity index (χ0n) is 11.7. The van der Waals surface area contributed by atoms with Crippen molar-refractivity contribution in [3.63, 3.8) is 0 Å². The van der Waals surface area contributed by atoms with Crippen molar-refractivity contribution in [1.82, 2.24) is 5.32 Å².